The summed E-state index contributed by atoms with van der Waals surface area (Å²) >= 11 is 1.63. The van der Waals surface area contributed by atoms with Crippen LogP contribution in [0.1, 0.15) is 47.3 Å². The number of aliphatic hydroxyl groups excluding tert-OH is 1. The summed E-state index contributed by atoms with van der Waals surface area (Å²) in [7, 11) is 0. The molecule has 2 heterocycles. The van der Waals surface area contributed by atoms with Crippen molar-refractivity contribution < 1.29 is 14.6 Å². The van der Waals surface area contributed by atoms with Crippen molar-refractivity contribution in [3.05, 3.63) is 21.4 Å². The minimum atomic E-state index is -0.274. The Hall–Kier alpha value is -0.910. The molecule has 4 nitrogen and oxygen atoms in total. The van der Waals surface area contributed by atoms with Gasteiger partial charge in [-0.3, -0.25) is 4.79 Å². The number of nitrogens with one attached hydrogen (secondary N) is 1. The van der Waals surface area contributed by atoms with E-state index in [0.29, 0.717) is 31.1 Å². The quantitative estimate of drug-likeness (QED) is 0.888. The zero-order valence-corrected chi connectivity index (χ0v) is 15.1. The lowest BCUT2D eigenvalue weighted by Gasteiger charge is -2.39. The van der Waals surface area contributed by atoms with Crippen LogP contribution in [0.25, 0.3) is 0 Å². The van der Waals surface area contributed by atoms with Crippen LogP contribution in [-0.4, -0.2) is 37.4 Å². The SMILES string of the molecule is CC(C)(C)[C@H]1CCc2sc(C(=O)NCC3(CO)COC3)cc2C1. The summed E-state index contributed by atoms with van der Waals surface area (Å²) in [5.41, 5.74) is 1.40. The molecule has 1 aliphatic carbocycles. The van der Waals surface area contributed by atoms with E-state index in [4.69, 9.17) is 4.74 Å². The van der Waals surface area contributed by atoms with E-state index in [1.165, 1.54) is 16.9 Å². The molecule has 128 valence electrons. The molecule has 1 amide bonds. The lowest BCUT2D eigenvalue weighted by Crippen LogP contribution is -2.53. The molecule has 2 N–H and O–H groups in total. The number of amides is 1. The standard InChI is InChI=1S/C18H27NO3S/c1-17(2,3)13-4-5-14-12(6-13)7-15(23-14)16(21)19-8-18(9-20)10-22-11-18/h7,13,20H,4-6,8-11H2,1-3H3,(H,19,21)/t13-/m0/s1. The van der Waals surface area contributed by atoms with Gasteiger partial charge in [0.25, 0.3) is 5.91 Å². The molecule has 3 rings (SSSR count). The molecule has 0 radical (unpaired) electrons. The first-order valence-corrected chi connectivity index (χ1v) is 9.23. The van der Waals surface area contributed by atoms with Crippen LogP contribution in [-0.2, 0) is 17.6 Å². The van der Waals surface area contributed by atoms with Crippen molar-refractivity contribution in [2.24, 2.45) is 16.7 Å². The van der Waals surface area contributed by atoms with E-state index in [1.807, 2.05) is 0 Å². The van der Waals surface area contributed by atoms with E-state index in [2.05, 4.69) is 32.2 Å². The van der Waals surface area contributed by atoms with Gasteiger partial charge in [0.2, 0.25) is 0 Å². The van der Waals surface area contributed by atoms with Gasteiger partial charge in [0, 0.05) is 11.4 Å². The second-order valence-electron chi connectivity index (χ2n) is 8.20. The van der Waals surface area contributed by atoms with E-state index in [0.717, 1.165) is 17.7 Å². The number of ether oxygens (including phenoxy) is 1. The molecule has 2 aliphatic rings. The number of carbonyl (C=O) groups is 1. The maximum absolute atomic E-state index is 12.4. The van der Waals surface area contributed by atoms with E-state index >= 15 is 0 Å². The Morgan fingerprint density at radius 3 is 2.78 bits per heavy atom. The highest BCUT2D eigenvalue weighted by atomic mass is 32.1. The second kappa shape index (κ2) is 6.19. The number of carbonyl (C=O) groups excluding carboxylic acids is 1. The molecule has 0 unspecified atom stereocenters. The average Bonchev–Trinajstić information content (AvgIpc) is 2.88. The summed E-state index contributed by atoms with van der Waals surface area (Å²) in [4.78, 5) is 14.6. The highest BCUT2D eigenvalue weighted by Crippen LogP contribution is 2.40. The zero-order valence-electron chi connectivity index (χ0n) is 14.3. The van der Waals surface area contributed by atoms with Gasteiger partial charge in [0.1, 0.15) is 0 Å². The van der Waals surface area contributed by atoms with E-state index in [-0.39, 0.29) is 17.9 Å². The maximum Gasteiger partial charge on any atom is 0.261 e. The molecule has 0 aromatic carbocycles. The Balaban J connectivity index is 1.64. The fourth-order valence-corrected chi connectivity index (χ4v) is 4.49. The van der Waals surface area contributed by atoms with Crippen LogP contribution in [0, 0.1) is 16.7 Å². The Kier molecular flexibility index (Phi) is 4.55. The molecule has 1 aromatic rings. The van der Waals surface area contributed by atoms with Crippen molar-refractivity contribution in [3.63, 3.8) is 0 Å². The minimum absolute atomic E-state index is 0.0172. The first kappa shape index (κ1) is 16.9. The Labute approximate surface area is 142 Å². The topological polar surface area (TPSA) is 58.6 Å². The largest absolute Gasteiger partial charge is 0.396 e. The van der Waals surface area contributed by atoms with Gasteiger partial charge >= 0.3 is 0 Å². The molecule has 0 bridgehead atoms. The Morgan fingerprint density at radius 1 is 1.48 bits per heavy atom. The molecule has 0 saturated carbocycles. The van der Waals surface area contributed by atoms with Gasteiger partial charge in [0.15, 0.2) is 0 Å². The summed E-state index contributed by atoms with van der Waals surface area (Å²) in [6, 6.07) is 2.08. The van der Waals surface area contributed by atoms with E-state index in [1.54, 1.807) is 11.3 Å². The van der Waals surface area contributed by atoms with Crippen molar-refractivity contribution >= 4 is 17.2 Å². The van der Waals surface area contributed by atoms with Crippen molar-refractivity contribution in [1.29, 1.82) is 0 Å². The molecule has 23 heavy (non-hydrogen) atoms. The summed E-state index contributed by atoms with van der Waals surface area (Å²) in [5.74, 6) is 0.668. The predicted octanol–water partition coefficient (Wildman–Crippen LogP) is 2.64. The van der Waals surface area contributed by atoms with Crippen LogP contribution < -0.4 is 5.32 Å². The maximum atomic E-state index is 12.4. The van der Waals surface area contributed by atoms with Crippen LogP contribution in [0.3, 0.4) is 0 Å². The number of thiophene rings is 1. The minimum Gasteiger partial charge on any atom is -0.396 e. The molecule has 1 atom stereocenters. The van der Waals surface area contributed by atoms with Gasteiger partial charge in [-0.05, 0) is 42.2 Å². The molecule has 1 aromatic heterocycles. The molecular weight excluding hydrogens is 310 g/mol. The first-order chi connectivity index (χ1) is 10.8. The van der Waals surface area contributed by atoms with E-state index < -0.39 is 0 Å². The number of rotatable bonds is 4. The van der Waals surface area contributed by atoms with Gasteiger partial charge in [-0.2, -0.15) is 0 Å². The third-order valence-electron chi connectivity index (χ3n) is 5.31. The van der Waals surface area contributed by atoms with Gasteiger partial charge < -0.3 is 15.2 Å². The fourth-order valence-electron chi connectivity index (χ4n) is 3.37. The van der Waals surface area contributed by atoms with Crippen LogP contribution in [0.15, 0.2) is 6.07 Å². The first-order valence-electron chi connectivity index (χ1n) is 8.41. The Bertz CT molecular complexity index is 578. The third-order valence-corrected chi connectivity index (χ3v) is 6.54. The van der Waals surface area contributed by atoms with Gasteiger partial charge in [-0.1, -0.05) is 20.8 Å². The summed E-state index contributed by atoms with van der Waals surface area (Å²) in [5, 5.41) is 12.4. The molecule has 0 spiro atoms. The number of fused-ring (bicyclic) bond motifs is 1. The zero-order chi connectivity index (χ0) is 16.7. The van der Waals surface area contributed by atoms with Gasteiger partial charge in [0.05, 0.1) is 30.1 Å². The van der Waals surface area contributed by atoms with Crippen molar-refractivity contribution in [3.8, 4) is 0 Å². The Morgan fingerprint density at radius 2 is 2.22 bits per heavy atom. The van der Waals surface area contributed by atoms with Gasteiger partial charge in [-0.25, -0.2) is 0 Å². The van der Waals surface area contributed by atoms with Crippen molar-refractivity contribution in [1.82, 2.24) is 5.32 Å². The predicted molar refractivity (Wildman–Crippen MR) is 92.0 cm³/mol. The fraction of sp³-hybridized carbons (Fsp3) is 0.722. The molecule has 1 saturated heterocycles. The normalized spacial score (nSPS) is 23.0. The van der Waals surface area contributed by atoms with Crippen LogP contribution in [0.5, 0.6) is 0 Å². The summed E-state index contributed by atoms with van der Waals surface area (Å²) < 4.78 is 5.17. The summed E-state index contributed by atoms with van der Waals surface area (Å²) in [6.45, 7) is 8.50. The third kappa shape index (κ3) is 3.47. The highest BCUT2D eigenvalue weighted by Gasteiger charge is 2.38. The van der Waals surface area contributed by atoms with Crippen molar-refractivity contribution in [2.75, 3.05) is 26.4 Å². The highest BCUT2D eigenvalue weighted by molar-refractivity contribution is 7.14. The van der Waals surface area contributed by atoms with Crippen LogP contribution in [0.2, 0.25) is 0 Å². The molecule has 1 aliphatic heterocycles. The van der Waals surface area contributed by atoms with Crippen molar-refractivity contribution in [2.45, 2.75) is 40.0 Å². The average molecular weight is 337 g/mol. The number of aryl methyl sites for hydroxylation is 1. The molecule has 1 fully saturated rings. The molecule has 5 heteroatoms. The van der Waals surface area contributed by atoms with E-state index in [9.17, 15) is 9.90 Å². The number of hydrogen-bond acceptors (Lipinski definition) is 4. The monoisotopic (exact) mass is 337 g/mol. The van der Waals surface area contributed by atoms with Crippen LogP contribution in [0.4, 0.5) is 0 Å². The lowest BCUT2D eigenvalue weighted by atomic mass is 9.72. The van der Waals surface area contributed by atoms with Crippen LogP contribution >= 0.6 is 11.3 Å². The smallest absolute Gasteiger partial charge is 0.261 e. The number of aliphatic hydroxyl groups is 1. The lowest BCUT2D eigenvalue weighted by molar-refractivity contribution is -0.133. The number of hydrogen-bond donors (Lipinski definition) is 2. The summed E-state index contributed by atoms with van der Waals surface area (Å²) in [6.07, 6.45) is 3.38. The second-order valence-corrected chi connectivity index (χ2v) is 9.34. The molecular formula is C18H27NO3S. The van der Waals surface area contributed by atoms with Gasteiger partial charge in [-0.15, -0.1) is 11.3 Å².